The van der Waals surface area contributed by atoms with Crippen molar-refractivity contribution in [1.29, 1.82) is 0 Å². The van der Waals surface area contributed by atoms with Gasteiger partial charge in [-0.15, -0.1) is 0 Å². The molecule has 1 aromatic heterocycles. The van der Waals surface area contributed by atoms with E-state index in [1.807, 2.05) is 60.7 Å². The number of aromatic nitrogens is 1. The van der Waals surface area contributed by atoms with Crippen LogP contribution in [0.5, 0.6) is 5.75 Å². The minimum Gasteiger partial charge on any atom is -0.495 e. The molecule has 0 amide bonds. The van der Waals surface area contributed by atoms with Crippen LogP contribution in [0.4, 0.5) is 11.5 Å². The van der Waals surface area contributed by atoms with Gasteiger partial charge in [-0.1, -0.05) is 60.1 Å². The molecule has 0 bridgehead atoms. The second-order valence-electron chi connectivity index (χ2n) is 5.91. The third kappa shape index (κ3) is 3.22. The zero-order valence-corrected chi connectivity index (χ0v) is 15.0. The molecule has 0 aliphatic rings. The molecular formula is C22H17ClN2O. The summed E-state index contributed by atoms with van der Waals surface area (Å²) in [6, 6.07) is 25.9. The van der Waals surface area contributed by atoms with E-state index in [-0.39, 0.29) is 0 Å². The summed E-state index contributed by atoms with van der Waals surface area (Å²) in [4.78, 5) is 4.74. The Balaban J connectivity index is 1.88. The van der Waals surface area contributed by atoms with Gasteiger partial charge in [-0.3, -0.25) is 0 Å². The molecular weight excluding hydrogens is 344 g/mol. The molecule has 3 nitrogen and oxygen atoms in total. The maximum absolute atomic E-state index is 6.20. The highest BCUT2D eigenvalue weighted by atomic mass is 35.5. The maximum Gasteiger partial charge on any atom is 0.142 e. The molecule has 1 N–H and O–H groups in total. The molecule has 4 aromatic rings. The quantitative estimate of drug-likeness (QED) is 0.463. The predicted molar refractivity (Wildman–Crippen MR) is 108 cm³/mol. The number of pyridine rings is 1. The van der Waals surface area contributed by atoms with Crippen molar-refractivity contribution >= 4 is 34.0 Å². The van der Waals surface area contributed by atoms with Crippen LogP contribution in [-0.4, -0.2) is 12.1 Å². The van der Waals surface area contributed by atoms with Gasteiger partial charge in [0.15, 0.2) is 0 Å². The molecule has 0 radical (unpaired) electrons. The minimum absolute atomic E-state index is 0.665. The van der Waals surface area contributed by atoms with Crippen LogP contribution in [0, 0.1) is 0 Å². The van der Waals surface area contributed by atoms with Gasteiger partial charge in [0.05, 0.1) is 18.3 Å². The van der Waals surface area contributed by atoms with Crippen LogP contribution in [0.25, 0.3) is 22.0 Å². The Kier molecular flexibility index (Phi) is 4.46. The first-order valence-electron chi connectivity index (χ1n) is 8.30. The van der Waals surface area contributed by atoms with Gasteiger partial charge in [-0.25, -0.2) is 4.98 Å². The van der Waals surface area contributed by atoms with E-state index in [0.717, 1.165) is 39.3 Å². The summed E-state index contributed by atoms with van der Waals surface area (Å²) in [5.41, 5.74) is 3.94. The van der Waals surface area contributed by atoms with Crippen molar-refractivity contribution in [3.8, 4) is 16.9 Å². The van der Waals surface area contributed by atoms with Crippen molar-refractivity contribution in [2.24, 2.45) is 0 Å². The molecule has 0 aliphatic carbocycles. The van der Waals surface area contributed by atoms with Crippen LogP contribution in [-0.2, 0) is 0 Å². The van der Waals surface area contributed by atoms with Crippen LogP contribution >= 0.6 is 11.6 Å². The van der Waals surface area contributed by atoms with Crippen molar-refractivity contribution in [2.75, 3.05) is 12.4 Å². The number of anilines is 2. The molecule has 26 heavy (non-hydrogen) atoms. The fourth-order valence-electron chi connectivity index (χ4n) is 3.01. The van der Waals surface area contributed by atoms with E-state index in [2.05, 4.69) is 23.5 Å². The standard InChI is InChI=1S/C22H17ClN2O/c1-26-21-10-6-5-9-19(21)24-22-14-18(15-7-3-2-4-8-15)17-12-11-16(23)13-20(17)25-22/h2-14H,1H3,(H,24,25). The molecule has 0 saturated carbocycles. The average Bonchev–Trinajstić information content (AvgIpc) is 2.68. The van der Waals surface area contributed by atoms with Crippen LogP contribution in [0.2, 0.25) is 5.02 Å². The highest BCUT2D eigenvalue weighted by Crippen LogP contribution is 2.34. The number of methoxy groups -OCH3 is 1. The zero-order chi connectivity index (χ0) is 17.9. The van der Waals surface area contributed by atoms with Crippen LogP contribution in [0.1, 0.15) is 0 Å². The Morgan fingerprint density at radius 1 is 0.885 bits per heavy atom. The van der Waals surface area contributed by atoms with Gasteiger partial charge in [-0.2, -0.15) is 0 Å². The molecule has 1 heterocycles. The molecule has 0 aliphatic heterocycles. The van der Waals surface area contributed by atoms with Gasteiger partial charge >= 0.3 is 0 Å². The fourth-order valence-corrected chi connectivity index (χ4v) is 3.17. The summed E-state index contributed by atoms with van der Waals surface area (Å²) >= 11 is 6.20. The van der Waals surface area contributed by atoms with Crippen molar-refractivity contribution in [2.45, 2.75) is 0 Å². The predicted octanol–water partition coefficient (Wildman–Crippen LogP) is 6.31. The lowest BCUT2D eigenvalue weighted by molar-refractivity contribution is 0.417. The van der Waals surface area contributed by atoms with Gasteiger partial charge in [0, 0.05) is 10.4 Å². The largest absolute Gasteiger partial charge is 0.495 e. The van der Waals surface area contributed by atoms with Crippen molar-refractivity contribution in [1.82, 2.24) is 4.98 Å². The third-order valence-electron chi connectivity index (χ3n) is 4.23. The molecule has 3 aromatic carbocycles. The number of ether oxygens (including phenoxy) is 1. The number of rotatable bonds is 4. The Bertz CT molecular complexity index is 1060. The number of nitrogens with zero attached hydrogens (tertiary/aromatic N) is 1. The zero-order valence-electron chi connectivity index (χ0n) is 14.2. The summed E-state index contributed by atoms with van der Waals surface area (Å²) < 4.78 is 5.43. The number of benzene rings is 3. The molecule has 0 fully saturated rings. The summed E-state index contributed by atoms with van der Waals surface area (Å²) in [5.74, 6) is 1.50. The smallest absolute Gasteiger partial charge is 0.142 e. The monoisotopic (exact) mass is 360 g/mol. The average molecular weight is 361 g/mol. The van der Waals surface area contributed by atoms with Crippen molar-refractivity contribution < 1.29 is 4.74 Å². The third-order valence-corrected chi connectivity index (χ3v) is 4.46. The Labute approximate surface area is 157 Å². The lowest BCUT2D eigenvalue weighted by Gasteiger charge is -2.14. The van der Waals surface area contributed by atoms with E-state index in [0.29, 0.717) is 5.02 Å². The fraction of sp³-hybridized carbons (Fsp3) is 0.0455. The van der Waals surface area contributed by atoms with Gasteiger partial charge in [0.2, 0.25) is 0 Å². The number of fused-ring (bicyclic) bond motifs is 1. The van der Waals surface area contributed by atoms with Crippen LogP contribution < -0.4 is 10.1 Å². The van der Waals surface area contributed by atoms with Crippen LogP contribution in [0.15, 0.2) is 78.9 Å². The van der Waals surface area contributed by atoms with E-state index in [4.69, 9.17) is 21.3 Å². The highest BCUT2D eigenvalue weighted by molar-refractivity contribution is 6.31. The van der Waals surface area contributed by atoms with Crippen molar-refractivity contribution in [3.05, 3.63) is 83.9 Å². The number of para-hydroxylation sites is 2. The van der Waals surface area contributed by atoms with E-state index in [1.165, 1.54) is 0 Å². The van der Waals surface area contributed by atoms with Gasteiger partial charge in [0.25, 0.3) is 0 Å². The number of hydrogen-bond acceptors (Lipinski definition) is 3. The lowest BCUT2D eigenvalue weighted by atomic mass is 10.0. The Morgan fingerprint density at radius 3 is 2.46 bits per heavy atom. The first-order valence-corrected chi connectivity index (χ1v) is 8.68. The van der Waals surface area contributed by atoms with Gasteiger partial charge in [0.1, 0.15) is 11.6 Å². The van der Waals surface area contributed by atoms with Gasteiger partial charge < -0.3 is 10.1 Å². The van der Waals surface area contributed by atoms with E-state index < -0.39 is 0 Å². The Morgan fingerprint density at radius 2 is 1.65 bits per heavy atom. The first-order chi connectivity index (χ1) is 12.7. The van der Waals surface area contributed by atoms with E-state index in [9.17, 15) is 0 Å². The highest BCUT2D eigenvalue weighted by Gasteiger charge is 2.10. The molecule has 128 valence electrons. The molecule has 0 atom stereocenters. The van der Waals surface area contributed by atoms with Crippen molar-refractivity contribution in [3.63, 3.8) is 0 Å². The van der Waals surface area contributed by atoms with E-state index in [1.54, 1.807) is 7.11 Å². The first kappa shape index (κ1) is 16.4. The number of halogens is 1. The summed E-state index contributed by atoms with van der Waals surface area (Å²) in [5, 5.41) is 5.09. The SMILES string of the molecule is COc1ccccc1Nc1cc(-c2ccccc2)c2ccc(Cl)cc2n1. The number of nitrogens with one attached hydrogen (secondary N) is 1. The van der Waals surface area contributed by atoms with Crippen LogP contribution in [0.3, 0.4) is 0 Å². The second kappa shape index (κ2) is 7.06. The molecule has 0 saturated heterocycles. The lowest BCUT2D eigenvalue weighted by Crippen LogP contribution is -1.98. The minimum atomic E-state index is 0.665. The molecule has 0 spiro atoms. The molecule has 0 unspecified atom stereocenters. The summed E-state index contributed by atoms with van der Waals surface area (Å²) in [6.45, 7) is 0. The summed E-state index contributed by atoms with van der Waals surface area (Å²) in [7, 11) is 1.66. The normalized spacial score (nSPS) is 10.7. The van der Waals surface area contributed by atoms with E-state index >= 15 is 0 Å². The molecule has 4 rings (SSSR count). The molecule has 4 heteroatoms. The summed E-state index contributed by atoms with van der Waals surface area (Å²) in [6.07, 6.45) is 0. The maximum atomic E-state index is 6.20. The topological polar surface area (TPSA) is 34.1 Å². The second-order valence-corrected chi connectivity index (χ2v) is 6.34. The Hall–Kier alpha value is -3.04. The van der Waals surface area contributed by atoms with Gasteiger partial charge in [-0.05, 0) is 41.5 Å². The number of hydrogen-bond donors (Lipinski definition) is 1.